The molecule has 0 aliphatic carbocycles. The summed E-state index contributed by atoms with van der Waals surface area (Å²) in [5.41, 5.74) is 4.67. The summed E-state index contributed by atoms with van der Waals surface area (Å²) in [7, 11) is 0. The van der Waals surface area contributed by atoms with E-state index in [4.69, 9.17) is 23.2 Å². The number of halogens is 2. The molecule has 0 spiro atoms. The molecule has 0 aliphatic heterocycles. The lowest BCUT2D eigenvalue weighted by Gasteiger charge is -2.09. The SMILES string of the molecule is CC(=O)N/N=C(/C)c1cccc(NC(=O)c2ccc(Cl)cc2Cl)c1. The van der Waals surface area contributed by atoms with E-state index in [2.05, 4.69) is 15.8 Å². The summed E-state index contributed by atoms with van der Waals surface area (Å²) < 4.78 is 0. The van der Waals surface area contributed by atoms with Crippen LogP contribution in [0, 0.1) is 0 Å². The minimum atomic E-state index is -0.342. The second-order valence-electron chi connectivity index (χ2n) is 5.02. The Bertz CT molecular complexity index is 819. The summed E-state index contributed by atoms with van der Waals surface area (Å²) in [4.78, 5) is 23.2. The van der Waals surface area contributed by atoms with Gasteiger partial charge in [-0.2, -0.15) is 5.10 Å². The fraction of sp³-hybridized carbons (Fsp3) is 0.118. The summed E-state index contributed by atoms with van der Waals surface area (Å²) >= 11 is 11.9. The quantitative estimate of drug-likeness (QED) is 0.633. The molecule has 5 nitrogen and oxygen atoms in total. The first-order chi connectivity index (χ1) is 11.4. The van der Waals surface area contributed by atoms with Gasteiger partial charge in [0.2, 0.25) is 5.91 Å². The largest absolute Gasteiger partial charge is 0.322 e. The number of benzene rings is 2. The molecule has 0 radical (unpaired) electrons. The molecule has 0 saturated carbocycles. The van der Waals surface area contributed by atoms with Crippen LogP contribution in [-0.2, 0) is 4.79 Å². The summed E-state index contributed by atoms with van der Waals surface area (Å²) in [6, 6.07) is 11.8. The van der Waals surface area contributed by atoms with E-state index in [9.17, 15) is 9.59 Å². The molecule has 2 aromatic rings. The maximum atomic E-state index is 12.3. The Morgan fingerprint density at radius 2 is 1.79 bits per heavy atom. The van der Waals surface area contributed by atoms with Gasteiger partial charge in [0.1, 0.15) is 0 Å². The van der Waals surface area contributed by atoms with Crippen molar-refractivity contribution in [3.63, 3.8) is 0 Å². The first-order valence-electron chi connectivity index (χ1n) is 7.04. The fourth-order valence-electron chi connectivity index (χ4n) is 1.92. The van der Waals surface area contributed by atoms with Gasteiger partial charge in [0, 0.05) is 17.6 Å². The molecule has 0 unspecified atom stereocenters. The molecule has 0 saturated heterocycles. The van der Waals surface area contributed by atoms with E-state index in [0.29, 0.717) is 22.0 Å². The lowest BCUT2D eigenvalue weighted by molar-refractivity contribution is -0.118. The first-order valence-corrected chi connectivity index (χ1v) is 7.80. The molecule has 24 heavy (non-hydrogen) atoms. The summed E-state index contributed by atoms with van der Waals surface area (Å²) in [5, 5.41) is 7.47. The Morgan fingerprint density at radius 3 is 2.46 bits per heavy atom. The molecule has 0 aliphatic rings. The molecule has 0 aromatic heterocycles. The van der Waals surface area contributed by atoms with Crippen molar-refractivity contribution in [3.05, 3.63) is 63.6 Å². The monoisotopic (exact) mass is 363 g/mol. The third-order valence-electron chi connectivity index (χ3n) is 3.10. The standard InChI is InChI=1S/C17H15Cl2N3O2/c1-10(21-22-11(2)23)12-4-3-5-14(8-12)20-17(24)15-7-6-13(18)9-16(15)19/h3-9H,1-2H3,(H,20,24)(H,22,23)/b21-10-. The van der Waals surface area contributed by atoms with Crippen LogP contribution in [0.5, 0.6) is 0 Å². The van der Waals surface area contributed by atoms with Gasteiger partial charge in [-0.15, -0.1) is 0 Å². The number of carbonyl (C=O) groups is 2. The van der Waals surface area contributed by atoms with Gasteiger partial charge in [0.05, 0.1) is 16.3 Å². The highest BCUT2D eigenvalue weighted by Gasteiger charge is 2.11. The Labute approximate surface area is 149 Å². The number of hydrogen-bond donors (Lipinski definition) is 2. The van der Waals surface area contributed by atoms with Crippen molar-refractivity contribution in [2.75, 3.05) is 5.32 Å². The number of nitrogens with one attached hydrogen (secondary N) is 2. The van der Waals surface area contributed by atoms with E-state index in [-0.39, 0.29) is 16.8 Å². The predicted octanol–water partition coefficient (Wildman–Crippen LogP) is 4.11. The number of hydrazone groups is 1. The molecular formula is C17H15Cl2N3O2. The van der Waals surface area contributed by atoms with Crippen LogP contribution in [0.25, 0.3) is 0 Å². The third-order valence-corrected chi connectivity index (χ3v) is 3.64. The maximum absolute atomic E-state index is 12.3. The van der Waals surface area contributed by atoms with E-state index in [0.717, 1.165) is 5.56 Å². The van der Waals surface area contributed by atoms with Gasteiger partial charge in [-0.3, -0.25) is 9.59 Å². The van der Waals surface area contributed by atoms with Crippen LogP contribution in [0.2, 0.25) is 10.0 Å². The van der Waals surface area contributed by atoms with E-state index >= 15 is 0 Å². The Morgan fingerprint density at radius 1 is 1.04 bits per heavy atom. The second kappa shape index (κ2) is 7.95. The molecule has 0 fully saturated rings. The molecule has 7 heteroatoms. The predicted molar refractivity (Wildman–Crippen MR) is 96.9 cm³/mol. The molecule has 2 N–H and O–H groups in total. The van der Waals surface area contributed by atoms with Crippen molar-refractivity contribution >= 4 is 46.4 Å². The summed E-state index contributed by atoms with van der Waals surface area (Å²) in [5.74, 6) is -0.596. The second-order valence-corrected chi connectivity index (χ2v) is 5.87. The number of anilines is 1. The number of hydrogen-bond acceptors (Lipinski definition) is 3. The number of amides is 2. The van der Waals surface area contributed by atoms with E-state index in [1.54, 1.807) is 37.3 Å². The van der Waals surface area contributed by atoms with Gasteiger partial charge in [-0.25, -0.2) is 5.43 Å². The molecule has 2 amide bonds. The number of carbonyl (C=O) groups excluding carboxylic acids is 2. The van der Waals surface area contributed by atoms with Crippen LogP contribution >= 0.6 is 23.2 Å². The molecule has 0 atom stereocenters. The minimum absolute atomic E-state index is 0.254. The molecule has 2 aromatic carbocycles. The lowest BCUT2D eigenvalue weighted by Crippen LogP contribution is -2.15. The highest BCUT2D eigenvalue weighted by Crippen LogP contribution is 2.22. The van der Waals surface area contributed by atoms with Crippen molar-refractivity contribution in [1.29, 1.82) is 0 Å². The van der Waals surface area contributed by atoms with E-state index in [1.807, 2.05) is 6.07 Å². The van der Waals surface area contributed by atoms with Gasteiger partial charge >= 0.3 is 0 Å². The van der Waals surface area contributed by atoms with Crippen LogP contribution in [-0.4, -0.2) is 17.5 Å². The zero-order chi connectivity index (χ0) is 17.7. The topological polar surface area (TPSA) is 70.6 Å². The molecule has 0 heterocycles. The Kier molecular flexibility index (Phi) is 5.95. The fourth-order valence-corrected chi connectivity index (χ4v) is 2.42. The third kappa shape index (κ3) is 4.81. The molecule has 2 rings (SSSR count). The average molecular weight is 364 g/mol. The van der Waals surface area contributed by atoms with Gasteiger partial charge < -0.3 is 5.32 Å². The number of nitrogens with zero attached hydrogens (tertiary/aromatic N) is 1. The van der Waals surface area contributed by atoms with Crippen molar-refractivity contribution in [2.45, 2.75) is 13.8 Å². The Hall–Kier alpha value is -2.37. The zero-order valence-electron chi connectivity index (χ0n) is 13.1. The van der Waals surface area contributed by atoms with E-state index in [1.165, 1.54) is 13.0 Å². The smallest absolute Gasteiger partial charge is 0.257 e. The lowest BCUT2D eigenvalue weighted by atomic mass is 10.1. The van der Waals surface area contributed by atoms with Crippen LogP contribution in [0.1, 0.15) is 29.8 Å². The van der Waals surface area contributed by atoms with Crippen molar-refractivity contribution in [1.82, 2.24) is 5.43 Å². The van der Waals surface area contributed by atoms with Gasteiger partial charge in [-0.05, 0) is 42.8 Å². The first kappa shape index (κ1) is 18.0. The summed E-state index contributed by atoms with van der Waals surface area (Å²) in [6.45, 7) is 3.14. The highest BCUT2D eigenvalue weighted by molar-refractivity contribution is 6.37. The van der Waals surface area contributed by atoms with Crippen LogP contribution in [0.4, 0.5) is 5.69 Å². The maximum Gasteiger partial charge on any atom is 0.257 e. The van der Waals surface area contributed by atoms with Gasteiger partial charge in [-0.1, -0.05) is 35.3 Å². The molecule has 0 bridgehead atoms. The average Bonchev–Trinajstić information content (AvgIpc) is 2.52. The highest BCUT2D eigenvalue weighted by atomic mass is 35.5. The number of rotatable bonds is 4. The minimum Gasteiger partial charge on any atom is -0.322 e. The normalized spacial score (nSPS) is 11.1. The van der Waals surface area contributed by atoms with Gasteiger partial charge in [0.15, 0.2) is 0 Å². The molecule has 124 valence electrons. The Balaban J connectivity index is 2.18. The van der Waals surface area contributed by atoms with Crippen LogP contribution in [0.3, 0.4) is 0 Å². The van der Waals surface area contributed by atoms with E-state index < -0.39 is 0 Å². The van der Waals surface area contributed by atoms with Crippen molar-refractivity contribution in [3.8, 4) is 0 Å². The van der Waals surface area contributed by atoms with Crippen molar-refractivity contribution in [2.24, 2.45) is 5.10 Å². The summed E-state index contributed by atoms with van der Waals surface area (Å²) in [6.07, 6.45) is 0. The van der Waals surface area contributed by atoms with Crippen LogP contribution < -0.4 is 10.7 Å². The zero-order valence-corrected chi connectivity index (χ0v) is 14.6. The molecular weight excluding hydrogens is 349 g/mol. The van der Waals surface area contributed by atoms with Crippen molar-refractivity contribution < 1.29 is 9.59 Å². The van der Waals surface area contributed by atoms with Gasteiger partial charge in [0.25, 0.3) is 5.91 Å². The van der Waals surface area contributed by atoms with Crippen LogP contribution in [0.15, 0.2) is 47.6 Å².